The molecule has 6 heteroatoms. The van der Waals surface area contributed by atoms with Crippen LogP contribution in [0.25, 0.3) is 11.0 Å². The Morgan fingerprint density at radius 1 is 1.24 bits per heavy atom. The number of H-pyrrole nitrogens is 1. The van der Waals surface area contributed by atoms with Crippen LogP contribution in [-0.2, 0) is 4.74 Å². The Kier molecular flexibility index (Phi) is 4.35. The molecule has 25 heavy (non-hydrogen) atoms. The van der Waals surface area contributed by atoms with E-state index in [9.17, 15) is 4.79 Å². The number of benzene rings is 2. The van der Waals surface area contributed by atoms with E-state index in [4.69, 9.17) is 9.47 Å². The number of carbonyl (C=O) groups excluding carboxylic acids is 1. The maximum absolute atomic E-state index is 12.6. The van der Waals surface area contributed by atoms with Crippen LogP contribution < -0.4 is 10.1 Å². The van der Waals surface area contributed by atoms with E-state index in [1.54, 1.807) is 12.1 Å². The topological polar surface area (TPSA) is 76.2 Å². The van der Waals surface area contributed by atoms with Gasteiger partial charge in [-0.3, -0.25) is 10.1 Å². The molecule has 0 unspecified atom stereocenters. The van der Waals surface area contributed by atoms with Gasteiger partial charge in [-0.15, -0.1) is 0 Å². The van der Waals surface area contributed by atoms with Crippen molar-refractivity contribution in [3.05, 3.63) is 54.1 Å². The second-order valence-corrected chi connectivity index (χ2v) is 6.00. The van der Waals surface area contributed by atoms with E-state index in [2.05, 4.69) is 15.3 Å². The first-order chi connectivity index (χ1) is 12.3. The number of amides is 1. The number of para-hydroxylation sites is 3. The van der Waals surface area contributed by atoms with Crippen molar-refractivity contribution >= 4 is 22.9 Å². The molecule has 2 aromatic carbocycles. The van der Waals surface area contributed by atoms with Crippen molar-refractivity contribution in [3.8, 4) is 5.75 Å². The van der Waals surface area contributed by atoms with Crippen LogP contribution in [0.3, 0.4) is 0 Å². The summed E-state index contributed by atoms with van der Waals surface area (Å²) in [5.41, 5.74) is 2.15. The van der Waals surface area contributed by atoms with E-state index in [0.29, 0.717) is 23.9 Å². The third kappa shape index (κ3) is 3.49. The molecule has 0 spiro atoms. The highest BCUT2D eigenvalue weighted by Gasteiger charge is 2.19. The number of nitrogens with zero attached hydrogens (tertiary/aromatic N) is 1. The van der Waals surface area contributed by atoms with E-state index in [-0.39, 0.29) is 12.0 Å². The SMILES string of the molecule is O=C(Nc1nc2ccccc2[nH]1)c1ccccc1OC[C@H]1CCCO1. The van der Waals surface area contributed by atoms with Crippen molar-refractivity contribution in [2.45, 2.75) is 18.9 Å². The molecule has 2 N–H and O–H groups in total. The van der Waals surface area contributed by atoms with E-state index >= 15 is 0 Å². The van der Waals surface area contributed by atoms with Gasteiger partial charge in [-0.1, -0.05) is 24.3 Å². The number of ether oxygens (including phenoxy) is 2. The fourth-order valence-corrected chi connectivity index (χ4v) is 2.93. The molecule has 2 heterocycles. The summed E-state index contributed by atoms with van der Waals surface area (Å²) in [7, 11) is 0. The summed E-state index contributed by atoms with van der Waals surface area (Å²) in [6.07, 6.45) is 2.15. The molecule has 1 saturated heterocycles. The van der Waals surface area contributed by atoms with Crippen LogP contribution in [0.4, 0.5) is 5.95 Å². The zero-order valence-corrected chi connectivity index (χ0v) is 13.7. The largest absolute Gasteiger partial charge is 0.490 e. The molecule has 1 atom stereocenters. The van der Waals surface area contributed by atoms with Crippen LogP contribution in [0, 0.1) is 0 Å². The third-order valence-corrected chi connectivity index (χ3v) is 4.20. The molecule has 0 saturated carbocycles. The number of anilines is 1. The molecule has 1 amide bonds. The van der Waals surface area contributed by atoms with Crippen LogP contribution >= 0.6 is 0 Å². The molecule has 0 aliphatic carbocycles. The summed E-state index contributed by atoms with van der Waals surface area (Å²) in [5, 5.41) is 2.80. The van der Waals surface area contributed by atoms with E-state index in [1.807, 2.05) is 36.4 Å². The van der Waals surface area contributed by atoms with Gasteiger partial charge >= 0.3 is 0 Å². The third-order valence-electron chi connectivity index (χ3n) is 4.20. The number of hydrogen-bond donors (Lipinski definition) is 2. The number of nitrogens with one attached hydrogen (secondary N) is 2. The monoisotopic (exact) mass is 337 g/mol. The molecule has 4 rings (SSSR count). The predicted octanol–water partition coefficient (Wildman–Crippen LogP) is 3.37. The van der Waals surface area contributed by atoms with Gasteiger partial charge in [0.15, 0.2) is 0 Å². The Labute approximate surface area is 145 Å². The first-order valence-corrected chi connectivity index (χ1v) is 8.39. The standard InChI is InChI=1S/C19H19N3O3/c23-18(22-19-20-15-8-2-3-9-16(15)21-19)14-7-1-4-10-17(14)25-12-13-6-5-11-24-13/h1-4,7-10,13H,5-6,11-12H2,(H2,20,21,22,23)/t13-/m1/s1. The van der Waals surface area contributed by atoms with Crippen molar-refractivity contribution in [2.24, 2.45) is 0 Å². The molecule has 1 fully saturated rings. The summed E-state index contributed by atoms with van der Waals surface area (Å²) in [4.78, 5) is 20.1. The highest BCUT2D eigenvalue weighted by Crippen LogP contribution is 2.22. The number of aromatic nitrogens is 2. The average molecular weight is 337 g/mol. The molecule has 6 nitrogen and oxygen atoms in total. The minimum Gasteiger partial charge on any atom is -0.490 e. The second kappa shape index (κ2) is 6.94. The fourth-order valence-electron chi connectivity index (χ4n) is 2.93. The van der Waals surface area contributed by atoms with E-state index in [1.165, 1.54) is 0 Å². The normalized spacial score (nSPS) is 16.9. The van der Waals surface area contributed by atoms with Crippen molar-refractivity contribution in [3.63, 3.8) is 0 Å². The zero-order valence-electron chi connectivity index (χ0n) is 13.7. The smallest absolute Gasteiger partial charge is 0.261 e. The number of fused-ring (bicyclic) bond motifs is 1. The van der Waals surface area contributed by atoms with Crippen molar-refractivity contribution < 1.29 is 14.3 Å². The summed E-state index contributed by atoms with van der Waals surface area (Å²) in [5.74, 6) is 0.703. The molecule has 1 aliphatic heterocycles. The lowest BCUT2D eigenvalue weighted by atomic mass is 10.2. The Morgan fingerprint density at radius 3 is 2.92 bits per heavy atom. The number of aromatic amines is 1. The molecule has 128 valence electrons. The van der Waals surface area contributed by atoms with Crippen molar-refractivity contribution in [2.75, 3.05) is 18.5 Å². The maximum Gasteiger partial charge on any atom is 0.261 e. The number of imidazole rings is 1. The van der Waals surface area contributed by atoms with Gasteiger partial charge in [0.05, 0.1) is 22.7 Å². The highest BCUT2D eigenvalue weighted by atomic mass is 16.5. The Morgan fingerprint density at radius 2 is 2.08 bits per heavy atom. The van der Waals surface area contributed by atoms with Gasteiger partial charge < -0.3 is 14.5 Å². The number of hydrogen-bond acceptors (Lipinski definition) is 4. The van der Waals surface area contributed by atoms with E-state index < -0.39 is 0 Å². The van der Waals surface area contributed by atoms with Gasteiger partial charge in [0, 0.05) is 6.61 Å². The van der Waals surface area contributed by atoms with Crippen molar-refractivity contribution in [1.82, 2.24) is 9.97 Å². The lowest BCUT2D eigenvalue weighted by molar-refractivity contribution is 0.0673. The lowest BCUT2D eigenvalue weighted by Gasteiger charge is -2.14. The molecular weight excluding hydrogens is 318 g/mol. The number of carbonyl (C=O) groups is 1. The van der Waals surface area contributed by atoms with Crippen LogP contribution in [0.5, 0.6) is 5.75 Å². The average Bonchev–Trinajstić information content (AvgIpc) is 3.29. The minimum absolute atomic E-state index is 0.103. The summed E-state index contributed by atoms with van der Waals surface area (Å²) in [6, 6.07) is 14.8. The van der Waals surface area contributed by atoms with Crippen molar-refractivity contribution in [1.29, 1.82) is 0 Å². The van der Waals surface area contributed by atoms with Gasteiger partial charge in [0.2, 0.25) is 5.95 Å². The zero-order chi connectivity index (χ0) is 17.1. The Hall–Kier alpha value is -2.86. The molecule has 3 aromatic rings. The molecular formula is C19H19N3O3. The molecule has 1 aromatic heterocycles. The van der Waals surface area contributed by atoms with E-state index in [0.717, 1.165) is 30.5 Å². The van der Waals surface area contributed by atoms with Crippen LogP contribution in [0.15, 0.2) is 48.5 Å². The fraction of sp³-hybridized carbons (Fsp3) is 0.263. The lowest BCUT2D eigenvalue weighted by Crippen LogP contribution is -2.19. The summed E-state index contributed by atoms with van der Waals surface area (Å²) in [6.45, 7) is 1.23. The Bertz CT molecular complexity index is 851. The van der Waals surface area contributed by atoms with Gasteiger partial charge in [0.25, 0.3) is 5.91 Å². The van der Waals surface area contributed by atoms with Crippen LogP contribution in [0.2, 0.25) is 0 Å². The first-order valence-electron chi connectivity index (χ1n) is 8.39. The van der Waals surface area contributed by atoms with Crippen LogP contribution in [0.1, 0.15) is 23.2 Å². The predicted molar refractivity (Wildman–Crippen MR) is 95.0 cm³/mol. The van der Waals surface area contributed by atoms with Gasteiger partial charge in [-0.25, -0.2) is 4.98 Å². The Balaban J connectivity index is 1.49. The summed E-state index contributed by atoms with van der Waals surface area (Å²) < 4.78 is 11.4. The molecule has 1 aliphatic rings. The maximum atomic E-state index is 12.6. The summed E-state index contributed by atoms with van der Waals surface area (Å²) >= 11 is 0. The first kappa shape index (κ1) is 15.7. The minimum atomic E-state index is -0.262. The van der Waals surface area contributed by atoms with Gasteiger partial charge in [-0.2, -0.15) is 0 Å². The van der Waals surface area contributed by atoms with Gasteiger partial charge in [0.1, 0.15) is 12.4 Å². The second-order valence-electron chi connectivity index (χ2n) is 6.00. The van der Waals surface area contributed by atoms with Crippen LogP contribution in [-0.4, -0.2) is 35.2 Å². The quantitative estimate of drug-likeness (QED) is 0.748. The van der Waals surface area contributed by atoms with Gasteiger partial charge in [-0.05, 0) is 37.1 Å². The molecule has 0 bridgehead atoms. The molecule has 0 radical (unpaired) electrons. The highest BCUT2D eigenvalue weighted by molar-refractivity contribution is 6.05. The number of rotatable bonds is 5.